The largest absolute Gasteiger partial charge is 0.426 e. The van der Waals surface area contributed by atoms with Gasteiger partial charge in [0.15, 0.2) is 0 Å². The van der Waals surface area contributed by atoms with Gasteiger partial charge in [0.2, 0.25) is 0 Å². The van der Waals surface area contributed by atoms with Gasteiger partial charge in [-0.15, -0.1) is 0 Å². The summed E-state index contributed by atoms with van der Waals surface area (Å²) in [5, 5.41) is 0. The number of hydrogen-bond acceptors (Lipinski definition) is 3. The molecule has 1 atom stereocenters. The second-order valence-corrected chi connectivity index (χ2v) is 7.57. The molecule has 0 saturated heterocycles. The van der Waals surface area contributed by atoms with E-state index in [0.717, 1.165) is 27.1 Å². The summed E-state index contributed by atoms with van der Waals surface area (Å²) in [5.41, 5.74) is 3.67. The molecule has 4 heteroatoms. The second-order valence-electron chi connectivity index (χ2n) is 6.12. The van der Waals surface area contributed by atoms with Crippen molar-refractivity contribution in [1.82, 2.24) is 0 Å². The van der Waals surface area contributed by atoms with Crippen molar-refractivity contribution in [1.29, 1.82) is 0 Å². The third-order valence-electron chi connectivity index (χ3n) is 4.08. The van der Waals surface area contributed by atoms with Crippen LogP contribution in [0.2, 0.25) is 0 Å². The number of hydrogen-bond donors (Lipinski definition) is 0. The smallest absolute Gasteiger partial charge is 0.308 e. The number of carbonyl (C=O) groups is 1. The number of rotatable bonds is 4. The third-order valence-corrected chi connectivity index (χ3v) is 5.54. The van der Waals surface area contributed by atoms with E-state index in [0.29, 0.717) is 10.6 Å². The molecule has 0 amide bonds. The van der Waals surface area contributed by atoms with Crippen molar-refractivity contribution in [3.63, 3.8) is 0 Å². The van der Waals surface area contributed by atoms with Gasteiger partial charge in [-0.05, 0) is 43.7 Å². The Balaban J connectivity index is 2.16. The van der Waals surface area contributed by atoms with E-state index in [1.54, 1.807) is 6.07 Å². The Hall–Kier alpha value is -2.72. The number of benzene rings is 3. The molecule has 3 nitrogen and oxygen atoms in total. The van der Waals surface area contributed by atoms with Gasteiger partial charge in [0.05, 0.1) is 15.7 Å². The summed E-state index contributed by atoms with van der Waals surface area (Å²) in [6, 6.07) is 20.8. The summed E-state index contributed by atoms with van der Waals surface area (Å²) in [6.07, 6.45) is 0. The van der Waals surface area contributed by atoms with Gasteiger partial charge in [-0.25, -0.2) is 4.21 Å². The first kappa shape index (κ1) is 18.1. The summed E-state index contributed by atoms with van der Waals surface area (Å²) in [7, 11) is -1.34. The molecule has 0 aliphatic carbocycles. The Bertz CT molecular complexity index is 975. The first-order chi connectivity index (χ1) is 12.5. The Morgan fingerprint density at radius 1 is 0.885 bits per heavy atom. The predicted octanol–water partition coefficient (Wildman–Crippen LogP) is 5.06. The molecule has 0 bridgehead atoms. The molecule has 3 rings (SSSR count). The van der Waals surface area contributed by atoms with E-state index < -0.39 is 10.8 Å². The van der Waals surface area contributed by atoms with Gasteiger partial charge in [0, 0.05) is 22.9 Å². The van der Waals surface area contributed by atoms with E-state index in [9.17, 15) is 9.00 Å². The quantitative estimate of drug-likeness (QED) is 0.480. The minimum Gasteiger partial charge on any atom is -0.426 e. The van der Waals surface area contributed by atoms with Crippen LogP contribution in [-0.2, 0) is 15.6 Å². The molecule has 0 fully saturated rings. The average molecular weight is 364 g/mol. The predicted molar refractivity (Wildman–Crippen MR) is 104 cm³/mol. The lowest BCUT2D eigenvalue weighted by Crippen LogP contribution is -2.04. The van der Waals surface area contributed by atoms with Gasteiger partial charge in [0.25, 0.3) is 0 Å². The Morgan fingerprint density at radius 2 is 1.58 bits per heavy atom. The van der Waals surface area contributed by atoms with Crippen LogP contribution in [0.5, 0.6) is 5.75 Å². The lowest BCUT2D eigenvalue weighted by molar-refractivity contribution is -0.131. The van der Waals surface area contributed by atoms with Crippen LogP contribution in [-0.4, -0.2) is 10.2 Å². The summed E-state index contributed by atoms with van der Waals surface area (Å²) in [4.78, 5) is 12.9. The number of esters is 1. The van der Waals surface area contributed by atoms with E-state index in [4.69, 9.17) is 4.74 Å². The zero-order valence-corrected chi connectivity index (χ0v) is 15.8. The van der Waals surface area contributed by atoms with Crippen LogP contribution in [0.25, 0.3) is 11.1 Å². The number of aryl methyl sites for hydroxylation is 2. The molecule has 0 saturated carbocycles. The van der Waals surface area contributed by atoms with Gasteiger partial charge in [-0.2, -0.15) is 0 Å². The molecular formula is C22H20O3S. The molecule has 0 radical (unpaired) electrons. The number of ether oxygens (including phenoxy) is 1. The standard InChI is InChI=1S/C22H20O3S/c1-15-11-13-18(14-12-15)26(24)21-10-5-4-8-19(21)22-16(2)7-6-9-20(22)25-17(3)23/h4-14H,1-3H3. The van der Waals surface area contributed by atoms with E-state index in [-0.39, 0.29) is 5.97 Å². The maximum absolute atomic E-state index is 13.2. The molecule has 26 heavy (non-hydrogen) atoms. The molecule has 0 spiro atoms. The minimum atomic E-state index is -1.34. The van der Waals surface area contributed by atoms with Crippen molar-refractivity contribution < 1.29 is 13.7 Å². The fourth-order valence-electron chi connectivity index (χ4n) is 2.85. The van der Waals surface area contributed by atoms with E-state index in [2.05, 4.69) is 0 Å². The van der Waals surface area contributed by atoms with Gasteiger partial charge < -0.3 is 4.74 Å². The van der Waals surface area contributed by atoms with E-state index in [1.807, 2.05) is 74.5 Å². The van der Waals surface area contributed by atoms with Crippen molar-refractivity contribution >= 4 is 16.8 Å². The summed E-state index contributed by atoms with van der Waals surface area (Å²) >= 11 is 0. The second kappa shape index (κ2) is 7.67. The van der Waals surface area contributed by atoms with Crippen molar-refractivity contribution in [3.8, 4) is 16.9 Å². The summed E-state index contributed by atoms with van der Waals surface area (Å²) in [6.45, 7) is 5.33. The van der Waals surface area contributed by atoms with Crippen molar-refractivity contribution in [2.24, 2.45) is 0 Å². The Kier molecular flexibility index (Phi) is 5.33. The highest BCUT2D eigenvalue weighted by Gasteiger charge is 2.18. The molecule has 1 unspecified atom stereocenters. The SMILES string of the molecule is CC(=O)Oc1cccc(C)c1-c1ccccc1S(=O)c1ccc(C)cc1. The Morgan fingerprint density at radius 3 is 2.27 bits per heavy atom. The van der Waals surface area contributed by atoms with Crippen LogP contribution in [0.4, 0.5) is 0 Å². The van der Waals surface area contributed by atoms with E-state index in [1.165, 1.54) is 6.92 Å². The normalized spacial score (nSPS) is 11.8. The highest BCUT2D eigenvalue weighted by atomic mass is 32.2. The van der Waals surface area contributed by atoms with Gasteiger partial charge in [-0.1, -0.05) is 48.0 Å². The zero-order chi connectivity index (χ0) is 18.7. The van der Waals surface area contributed by atoms with Crippen LogP contribution in [0.3, 0.4) is 0 Å². The van der Waals surface area contributed by atoms with Crippen LogP contribution in [0.15, 0.2) is 76.5 Å². The first-order valence-corrected chi connectivity index (χ1v) is 9.48. The molecule has 0 aliphatic rings. The average Bonchev–Trinajstić information content (AvgIpc) is 2.62. The first-order valence-electron chi connectivity index (χ1n) is 8.33. The van der Waals surface area contributed by atoms with Crippen molar-refractivity contribution in [3.05, 3.63) is 77.9 Å². The van der Waals surface area contributed by atoms with Crippen LogP contribution in [0.1, 0.15) is 18.1 Å². The van der Waals surface area contributed by atoms with Gasteiger partial charge >= 0.3 is 5.97 Å². The van der Waals surface area contributed by atoms with Crippen molar-refractivity contribution in [2.45, 2.75) is 30.6 Å². The molecule has 0 N–H and O–H groups in total. The van der Waals surface area contributed by atoms with Crippen LogP contribution in [0, 0.1) is 13.8 Å². The van der Waals surface area contributed by atoms with Crippen LogP contribution >= 0.6 is 0 Å². The lowest BCUT2D eigenvalue weighted by atomic mass is 9.99. The molecule has 3 aromatic rings. The maximum atomic E-state index is 13.2. The third kappa shape index (κ3) is 3.75. The molecule has 0 aliphatic heterocycles. The molecule has 132 valence electrons. The van der Waals surface area contributed by atoms with Gasteiger partial charge in [-0.3, -0.25) is 4.79 Å². The van der Waals surface area contributed by atoms with Gasteiger partial charge in [0.1, 0.15) is 5.75 Å². The fraction of sp³-hybridized carbons (Fsp3) is 0.136. The van der Waals surface area contributed by atoms with Crippen molar-refractivity contribution in [2.75, 3.05) is 0 Å². The maximum Gasteiger partial charge on any atom is 0.308 e. The Labute approximate surface area is 156 Å². The zero-order valence-electron chi connectivity index (χ0n) is 15.0. The molecular weight excluding hydrogens is 344 g/mol. The monoisotopic (exact) mass is 364 g/mol. The highest BCUT2D eigenvalue weighted by Crippen LogP contribution is 2.37. The number of carbonyl (C=O) groups excluding carboxylic acids is 1. The lowest BCUT2D eigenvalue weighted by Gasteiger charge is -2.15. The van der Waals surface area contributed by atoms with E-state index >= 15 is 0 Å². The fourth-order valence-corrected chi connectivity index (χ4v) is 4.06. The molecule has 3 aromatic carbocycles. The molecule has 0 heterocycles. The minimum absolute atomic E-state index is 0.381. The highest BCUT2D eigenvalue weighted by molar-refractivity contribution is 7.85. The summed E-state index contributed by atoms with van der Waals surface area (Å²) in [5.74, 6) is 0.0971. The molecule has 0 aromatic heterocycles. The van der Waals surface area contributed by atoms with Crippen LogP contribution < -0.4 is 4.74 Å². The summed E-state index contributed by atoms with van der Waals surface area (Å²) < 4.78 is 18.6. The topological polar surface area (TPSA) is 43.4 Å².